The lowest BCUT2D eigenvalue weighted by Crippen LogP contribution is -2.13. The van der Waals surface area contributed by atoms with Gasteiger partial charge >= 0.3 is 0 Å². The first-order valence-electron chi connectivity index (χ1n) is 4.40. The van der Waals surface area contributed by atoms with Crippen molar-refractivity contribution in [1.82, 2.24) is 10.3 Å². The molecule has 0 fully saturated rings. The summed E-state index contributed by atoms with van der Waals surface area (Å²) in [4.78, 5) is 4.11. The third-order valence-electron chi connectivity index (χ3n) is 1.62. The molecule has 0 bridgehead atoms. The normalized spacial score (nSPS) is 9.38. The van der Waals surface area contributed by atoms with Gasteiger partial charge < -0.3 is 4.42 Å². The van der Waals surface area contributed by atoms with Crippen LogP contribution < -0.4 is 5.32 Å². The Hall–Kier alpha value is -1.27. The van der Waals surface area contributed by atoms with Crippen LogP contribution in [0.15, 0.2) is 10.6 Å². The lowest BCUT2D eigenvalue weighted by molar-refractivity contribution is 0.445. The zero-order valence-corrected chi connectivity index (χ0v) is 8.05. The lowest BCUT2D eigenvalue weighted by Gasteiger charge is -1.94. The van der Waals surface area contributed by atoms with Gasteiger partial charge in [-0.25, -0.2) is 4.98 Å². The molecule has 0 saturated heterocycles. The van der Waals surface area contributed by atoms with Crippen molar-refractivity contribution in [3.8, 4) is 11.8 Å². The van der Waals surface area contributed by atoms with Crippen LogP contribution >= 0.6 is 0 Å². The smallest absolute Gasteiger partial charge is 0.208 e. The van der Waals surface area contributed by atoms with E-state index in [1.54, 1.807) is 6.20 Å². The number of nitrogens with zero attached hydrogens (tertiary/aromatic N) is 1. The van der Waals surface area contributed by atoms with Gasteiger partial charge in [-0.05, 0) is 6.92 Å². The van der Waals surface area contributed by atoms with Crippen LogP contribution in [0.4, 0.5) is 0 Å². The van der Waals surface area contributed by atoms with Crippen LogP contribution in [-0.2, 0) is 13.0 Å². The first kappa shape index (κ1) is 9.82. The number of aryl methyl sites for hydroxylation is 1. The van der Waals surface area contributed by atoms with Crippen molar-refractivity contribution in [2.45, 2.75) is 26.8 Å². The molecule has 1 rings (SSSR count). The number of oxazole rings is 1. The van der Waals surface area contributed by atoms with Crippen LogP contribution in [0.3, 0.4) is 0 Å². The fourth-order valence-electron chi connectivity index (χ4n) is 0.914. The summed E-state index contributed by atoms with van der Waals surface area (Å²) < 4.78 is 5.39. The van der Waals surface area contributed by atoms with E-state index in [4.69, 9.17) is 4.42 Å². The van der Waals surface area contributed by atoms with Gasteiger partial charge in [-0.1, -0.05) is 12.8 Å². The molecule has 0 aliphatic heterocycles. The molecule has 3 heteroatoms. The number of nitrogens with one attached hydrogen (secondary N) is 1. The van der Waals surface area contributed by atoms with E-state index < -0.39 is 0 Å². The molecule has 0 radical (unpaired) electrons. The third-order valence-corrected chi connectivity index (χ3v) is 1.62. The molecular formula is C10H14N2O. The summed E-state index contributed by atoms with van der Waals surface area (Å²) in [5, 5.41) is 3.11. The highest BCUT2D eigenvalue weighted by atomic mass is 16.4. The van der Waals surface area contributed by atoms with E-state index in [-0.39, 0.29) is 0 Å². The number of rotatable bonds is 4. The van der Waals surface area contributed by atoms with Gasteiger partial charge in [0.05, 0.1) is 19.3 Å². The molecular weight excluding hydrogens is 164 g/mol. The molecule has 0 aliphatic rings. The maximum absolute atomic E-state index is 5.39. The molecule has 0 atom stereocenters. The van der Waals surface area contributed by atoms with Crippen LogP contribution in [0, 0.1) is 11.8 Å². The molecule has 0 spiro atoms. The molecule has 3 nitrogen and oxygen atoms in total. The summed E-state index contributed by atoms with van der Waals surface area (Å²) in [7, 11) is 0. The predicted octanol–water partition coefficient (Wildman–Crippen LogP) is 1.35. The minimum Gasteiger partial charge on any atom is -0.444 e. The van der Waals surface area contributed by atoms with Crippen LogP contribution in [0.5, 0.6) is 0 Å². The van der Waals surface area contributed by atoms with Gasteiger partial charge in [0.1, 0.15) is 5.76 Å². The summed E-state index contributed by atoms with van der Waals surface area (Å²) in [5.41, 5.74) is 0. The fourth-order valence-corrected chi connectivity index (χ4v) is 0.914. The average molecular weight is 178 g/mol. The molecule has 70 valence electrons. The van der Waals surface area contributed by atoms with E-state index in [2.05, 4.69) is 22.1 Å². The number of aromatic nitrogens is 1. The Morgan fingerprint density at radius 1 is 1.62 bits per heavy atom. The molecule has 0 saturated carbocycles. The van der Waals surface area contributed by atoms with Crippen molar-refractivity contribution in [2.24, 2.45) is 0 Å². The standard InChI is InChI=1S/C10H14N2O/c1-3-5-6-11-8-10-12-7-9(4-2)13-10/h7,11H,4,6,8H2,1-2H3. The van der Waals surface area contributed by atoms with Crippen LogP contribution in [0.1, 0.15) is 25.5 Å². The Kier molecular flexibility index (Phi) is 4.07. The van der Waals surface area contributed by atoms with Crippen molar-refractivity contribution >= 4 is 0 Å². The minimum absolute atomic E-state index is 0.648. The van der Waals surface area contributed by atoms with E-state index in [9.17, 15) is 0 Å². The summed E-state index contributed by atoms with van der Waals surface area (Å²) in [5.74, 6) is 7.38. The Balaban J connectivity index is 2.31. The molecule has 0 unspecified atom stereocenters. The van der Waals surface area contributed by atoms with Crippen molar-refractivity contribution in [3.05, 3.63) is 17.8 Å². The van der Waals surface area contributed by atoms with Crippen LogP contribution in [0.25, 0.3) is 0 Å². The van der Waals surface area contributed by atoms with Gasteiger partial charge in [0.25, 0.3) is 0 Å². The second-order valence-electron chi connectivity index (χ2n) is 2.60. The fraction of sp³-hybridized carbons (Fsp3) is 0.500. The average Bonchev–Trinajstić information content (AvgIpc) is 2.60. The topological polar surface area (TPSA) is 38.1 Å². The predicted molar refractivity (Wildman–Crippen MR) is 51.0 cm³/mol. The molecule has 1 aromatic heterocycles. The van der Waals surface area contributed by atoms with E-state index in [1.807, 2.05) is 13.8 Å². The number of hydrogen-bond donors (Lipinski definition) is 1. The second-order valence-corrected chi connectivity index (χ2v) is 2.60. The first-order valence-corrected chi connectivity index (χ1v) is 4.40. The highest BCUT2D eigenvalue weighted by molar-refractivity contribution is 4.98. The van der Waals surface area contributed by atoms with Gasteiger partial charge in [-0.2, -0.15) is 0 Å². The zero-order valence-electron chi connectivity index (χ0n) is 8.05. The van der Waals surface area contributed by atoms with Gasteiger partial charge in [0, 0.05) is 6.42 Å². The Morgan fingerprint density at radius 2 is 2.46 bits per heavy atom. The van der Waals surface area contributed by atoms with E-state index in [0.29, 0.717) is 13.1 Å². The second kappa shape index (κ2) is 5.39. The summed E-state index contributed by atoms with van der Waals surface area (Å²) >= 11 is 0. The minimum atomic E-state index is 0.648. The number of hydrogen-bond acceptors (Lipinski definition) is 3. The van der Waals surface area contributed by atoms with E-state index in [0.717, 1.165) is 18.1 Å². The largest absolute Gasteiger partial charge is 0.444 e. The molecule has 0 aromatic carbocycles. The molecule has 0 aliphatic carbocycles. The molecule has 0 amide bonds. The van der Waals surface area contributed by atoms with Crippen LogP contribution in [0.2, 0.25) is 0 Å². The van der Waals surface area contributed by atoms with Gasteiger partial charge in [0.15, 0.2) is 0 Å². The van der Waals surface area contributed by atoms with Gasteiger partial charge in [-0.15, -0.1) is 5.92 Å². The van der Waals surface area contributed by atoms with E-state index in [1.165, 1.54) is 0 Å². The quantitative estimate of drug-likeness (QED) is 0.558. The molecule has 1 aromatic rings. The van der Waals surface area contributed by atoms with Crippen molar-refractivity contribution in [2.75, 3.05) is 6.54 Å². The monoisotopic (exact) mass is 178 g/mol. The highest BCUT2D eigenvalue weighted by Crippen LogP contribution is 2.02. The van der Waals surface area contributed by atoms with Gasteiger partial charge in [-0.3, -0.25) is 5.32 Å². The Morgan fingerprint density at radius 3 is 3.08 bits per heavy atom. The Labute approximate surface area is 78.5 Å². The SMILES string of the molecule is CC#CCNCc1ncc(CC)o1. The zero-order chi connectivity index (χ0) is 9.52. The lowest BCUT2D eigenvalue weighted by atomic mass is 10.4. The van der Waals surface area contributed by atoms with Gasteiger partial charge in [0.2, 0.25) is 5.89 Å². The van der Waals surface area contributed by atoms with Crippen molar-refractivity contribution in [3.63, 3.8) is 0 Å². The van der Waals surface area contributed by atoms with Crippen LogP contribution in [-0.4, -0.2) is 11.5 Å². The molecule has 13 heavy (non-hydrogen) atoms. The molecule has 1 N–H and O–H groups in total. The van der Waals surface area contributed by atoms with Crippen molar-refractivity contribution < 1.29 is 4.42 Å². The summed E-state index contributed by atoms with van der Waals surface area (Å²) in [6.45, 7) is 5.19. The van der Waals surface area contributed by atoms with E-state index >= 15 is 0 Å². The molecule has 1 heterocycles. The first-order chi connectivity index (χ1) is 6.36. The summed E-state index contributed by atoms with van der Waals surface area (Å²) in [6, 6.07) is 0. The Bertz CT molecular complexity index is 306. The third kappa shape index (κ3) is 3.30. The summed E-state index contributed by atoms with van der Waals surface area (Å²) in [6.07, 6.45) is 2.66. The highest BCUT2D eigenvalue weighted by Gasteiger charge is 1.99. The maximum atomic E-state index is 5.39. The maximum Gasteiger partial charge on any atom is 0.208 e. The van der Waals surface area contributed by atoms with Crippen molar-refractivity contribution in [1.29, 1.82) is 0 Å².